The van der Waals surface area contributed by atoms with Gasteiger partial charge in [0.2, 0.25) is 5.91 Å². The maximum atomic E-state index is 12.0. The quantitative estimate of drug-likeness (QED) is 0.828. The summed E-state index contributed by atoms with van der Waals surface area (Å²) in [5, 5.41) is 7.92. The average molecular weight is 338 g/mol. The molecule has 7 nitrogen and oxygen atoms in total. The van der Waals surface area contributed by atoms with E-state index < -0.39 is 6.04 Å². The van der Waals surface area contributed by atoms with E-state index in [-0.39, 0.29) is 37.3 Å². The van der Waals surface area contributed by atoms with E-state index in [1.807, 2.05) is 12.1 Å². The highest BCUT2D eigenvalue weighted by Crippen LogP contribution is 2.12. The van der Waals surface area contributed by atoms with Crippen LogP contribution < -0.4 is 10.6 Å². The summed E-state index contributed by atoms with van der Waals surface area (Å²) in [6, 6.07) is 3.20. The SMILES string of the molecule is COCC(N)C(=O)N1CCN(c2cccnn2)CC1.Cl.Cl. The van der Waals surface area contributed by atoms with E-state index in [1.54, 1.807) is 18.2 Å². The van der Waals surface area contributed by atoms with Gasteiger partial charge in [-0.1, -0.05) is 0 Å². The molecule has 0 aliphatic carbocycles. The molecule has 2 N–H and O–H groups in total. The summed E-state index contributed by atoms with van der Waals surface area (Å²) < 4.78 is 4.90. The van der Waals surface area contributed by atoms with Crippen LogP contribution in [0.25, 0.3) is 0 Å². The molecule has 1 aliphatic heterocycles. The van der Waals surface area contributed by atoms with Crippen molar-refractivity contribution >= 4 is 36.5 Å². The van der Waals surface area contributed by atoms with Gasteiger partial charge in [-0.3, -0.25) is 4.79 Å². The van der Waals surface area contributed by atoms with Crippen LogP contribution in [0.2, 0.25) is 0 Å². The van der Waals surface area contributed by atoms with Crippen LogP contribution in [-0.2, 0) is 9.53 Å². The molecule has 1 unspecified atom stereocenters. The van der Waals surface area contributed by atoms with Crippen molar-refractivity contribution in [2.75, 3.05) is 44.8 Å². The lowest BCUT2D eigenvalue weighted by atomic mass is 10.2. The molecule has 9 heteroatoms. The van der Waals surface area contributed by atoms with Crippen LogP contribution in [0.4, 0.5) is 5.82 Å². The molecule has 2 heterocycles. The standard InChI is InChI=1S/C12H19N5O2.2ClH/c1-19-9-10(13)12(18)17-7-5-16(6-8-17)11-3-2-4-14-15-11;;/h2-4,10H,5-9,13H2,1H3;2*1H. The zero-order chi connectivity index (χ0) is 13.7. The molecule has 21 heavy (non-hydrogen) atoms. The lowest BCUT2D eigenvalue weighted by Gasteiger charge is -2.36. The predicted octanol–water partition coefficient (Wildman–Crippen LogP) is -0.0575. The smallest absolute Gasteiger partial charge is 0.241 e. The van der Waals surface area contributed by atoms with Gasteiger partial charge in [0.1, 0.15) is 6.04 Å². The van der Waals surface area contributed by atoms with Crippen LogP contribution in [0.3, 0.4) is 0 Å². The maximum Gasteiger partial charge on any atom is 0.241 e. The summed E-state index contributed by atoms with van der Waals surface area (Å²) >= 11 is 0. The molecular formula is C12H21Cl2N5O2. The first-order valence-electron chi connectivity index (χ1n) is 6.28. The number of carbonyl (C=O) groups excluding carboxylic acids is 1. The van der Waals surface area contributed by atoms with Crippen molar-refractivity contribution in [2.24, 2.45) is 5.73 Å². The van der Waals surface area contributed by atoms with Crippen LogP contribution in [0.5, 0.6) is 0 Å². The van der Waals surface area contributed by atoms with E-state index in [4.69, 9.17) is 10.5 Å². The minimum Gasteiger partial charge on any atom is -0.383 e. The Morgan fingerprint density at radius 3 is 2.57 bits per heavy atom. The molecule has 1 fully saturated rings. The van der Waals surface area contributed by atoms with Gasteiger partial charge in [-0.25, -0.2) is 0 Å². The number of anilines is 1. The van der Waals surface area contributed by atoms with Crippen molar-refractivity contribution in [3.8, 4) is 0 Å². The molecule has 1 saturated heterocycles. The number of aromatic nitrogens is 2. The molecule has 1 aromatic heterocycles. The van der Waals surface area contributed by atoms with E-state index in [1.165, 1.54) is 0 Å². The molecule has 120 valence electrons. The first-order chi connectivity index (χ1) is 9.22. The van der Waals surface area contributed by atoms with Gasteiger partial charge in [-0.15, -0.1) is 29.9 Å². The van der Waals surface area contributed by atoms with Gasteiger partial charge in [0.25, 0.3) is 0 Å². The lowest BCUT2D eigenvalue weighted by molar-refractivity contribution is -0.134. The van der Waals surface area contributed by atoms with Gasteiger partial charge in [-0.2, -0.15) is 5.10 Å². The van der Waals surface area contributed by atoms with Crippen LogP contribution >= 0.6 is 24.8 Å². The number of piperazine rings is 1. The van der Waals surface area contributed by atoms with Crippen molar-refractivity contribution in [2.45, 2.75) is 6.04 Å². The Bertz CT molecular complexity index is 415. The first-order valence-corrected chi connectivity index (χ1v) is 6.28. The average Bonchev–Trinajstić information content (AvgIpc) is 2.48. The Morgan fingerprint density at radius 1 is 1.38 bits per heavy atom. The number of hydrogen-bond donors (Lipinski definition) is 1. The molecule has 1 amide bonds. The number of nitrogens with two attached hydrogens (primary N) is 1. The van der Waals surface area contributed by atoms with E-state index in [9.17, 15) is 4.79 Å². The third-order valence-corrected chi connectivity index (χ3v) is 3.14. The summed E-state index contributed by atoms with van der Waals surface area (Å²) in [6.07, 6.45) is 1.65. The minimum absolute atomic E-state index is 0. The molecule has 1 aliphatic rings. The molecule has 0 saturated carbocycles. The highest BCUT2D eigenvalue weighted by Gasteiger charge is 2.25. The summed E-state index contributed by atoms with van der Waals surface area (Å²) in [6.45, 7) is 3.02. The number of carbonyl (C=O) groups is 1. The van der Waals surface area contributed by atoms with E-state index in [0.717, 1.165) is 18.9 Å². The largest absolute Gasteiger partial charge is 0.383 e. The second-order valence-corrected chi connectivity index (χ2v) is 4.46. The number of ether oxygens (including phenoxy) is 1. The molecule has 0 aromatic carbocycles. The van der Waals surface area contributed by atoms with Gasteiger partial charge >= 0.3 is 0 Å². The normalized spacial score (nSPS) is 15.7. The van der Waals surface area contributed by atoms with E-state index >= 15 is 0 Å². The van der Waals surface area contributed by atoms with Crippen molar-refractivity contribution in [3.05, 3.63) is 18.3 Å². The van der Waals surface area contributed by atoms with Crippen LogP contribution in [-0.4, -0.2) is 66.9 Å². The highest BCUT2D eigenvalue weighted by atomic mass is 35.5. The maximum absolute atomic E-state index is 12.0. The number of hydrogen-bond acceptors (Lipinski definition) is 6. The van der Waals surface area contributed by atoms with Gasteiger partial charge in [-0.05, 0) is 12.1 Å². The molecule has 0 radical (unpaired) electrons. The topological polar surface area (TPSA) is 84.6 Å². The van der Waals surface area contributed by atoms with E-state index in [2.05, 4.69) is 15.1 Å². The third-order valence-electron chi connectivity index (χ3n) is 3.14. The van der Waals surface area contributed by atoms with Crippen molar-refractivity contribution in [1.29, 1.82) is 0 Å². The number of amides is 1. The Kier molecular flexibility index (Phi) is 9.19. The van der Waals surface area contributed by atoms with Crippen molar-refractivity contribution in [3.63, 3.8) is 0 Å². The van der Waals surface area contributed by atoms with E-state index in [0.29, 0.717) is 13.1 Å². The molecule has 2 rings (SSSR count). The summed E-state index contributed by atoms with van der Waals surface area (Å²) in [5.74, 6) is 0.788. The van der Waals surface area contributed by atoms with Crippen LogP contribution in [0, 0.1) is 0 Å². The second kappa shape index (κ2) is 9.73. The minimum atomic E-state index is -0.576. The molecule has 0 spiro atoms. The van der Waals surface area contributed by atoms with Gasteiger partial charge < -0.3 is 20.3 Å². The predicted molar refractivity (Wildman–Crippen MR) is 85.2 cm³/mol. The lowest BCUT2D eigenvalue weighted by Crippen LogP contribution is -2.54. The fraction of sp³-hybridized carbons (Fsp3) is 0.583. The fourth-order valence-electron chi connectivity index (χ4n) is 2.10. The molecule has 1 atom stereocenters. The zero-order valence-corrected chi connectivity index (χ0v) is 13.5. The number of halogens is 2. The Labute approximate surface area is 136 Å². The third kappa shape index (κ3) is 5.28. The van der Waals surface area contributed by atoms with Crippen LogP contribution in [0.1, 0.15) is 0 Å². The number of nitrogens with zero attached hydrogens (tertiary/aromatic N) is 4. The van der Waals surface area contributed by atoms with Crippen LogP contribution in [0.15, 0.2) is 18.3 Å². The summed E-state index contributed by atoms with van der Waals surface area (Å²) in [5.41, 5.74) is 5.75. The van der Waals surface area contributed by atoms with Gasteiger partial charge in [0.05, 0.1) is 6.61 Å². The number of methoxy groups -OCH3 is 1. The molecule has 1 aromatic rings. The highest BCUT2D eigenvalue weighted by molar-refractivity contribution is 5.85. The molecule has 0 bridgehead atoms. The Hall–Kier alpha value is -1.15. The number of rotatable bonds is 4. The monoisotopic (exact) mass is 337 g/mol. The van der Waals surface area contributed by atoms with Crippen molar-refractivity contribution in [1.82, 2.24) is 15.1 Å². The fourth-order valence-corrected chi connectivity index (χ4v) is 2.10. The van der Waals surface area contributed by atoms with Gasteiger partial charge in [0, 0.05) is 39.5 Å². The second-order valence-electron chi connectivity index (χ2n) is 4.46. The van der Waals surface area contributed by atoms with Gasteiger partial charge in [0.15, 0.2) is 5.82 Å². The van der Waals surface area contributed by atoms with Crippen molar-refractivity contribution < 1.29 is 9.53 Å². The molecular weight excluding hydrogens is 317 g/mol. The first kappa shape index (κ1) is 19.9. The summed E-state index contributed by atoms with van der Waals surface area (Å²) in [4.78, 5) is 15.9. The Morgan fingerprint density at radius 2 is 2.05 bits per heavy atom. The summed E-state index contributed by atoms with van der Waals surface area (Å²) in [7, 11) is 1.54. The Balaban J connectivity index is 0.00000200. The zero-order valence-electron chi connectivity index (χ0n) is 11.8.